The number of benzene rings is 2. The van der Waals surface area contributed by atoms with Crippen LogP contribution in [0.1, 0.15) is 53.4 Å². The number of hydrogen-bond donors (Lipinski definition) is 0. The van der Waals surface area contributed by atoms with Crippen LogP contribution in [0.25, 0.3) is 22.4 Å². The van der Waals surface area contributed by atoms with Crippen LogP contribution >= 0.6 is 0 Å². The minimum absolute atomic E-state index is 0.682. The first-order valence-electron chi connectivity index (χ1n) is 11.0. The molecule has 0 aliphatic heterocycles. The fourth-order valence-electron chi connectivity index (χ4n) is 3.62. The number of hydrogen-bond acceptors (Lipinski definition) is 1. The van der Waals surface area contributed by atoms with E-state index < -0.39 is 19.9 Å². The van der Waals surface area contributed by atoms with Crippen LogP contribution in [0.4, 0.5) is 0 Å². The van der Waals surface area contributed by atoms with E-state index in [1.54, 1.807) is 0 Å². The standard InChI is InChI=1S/C26H33NSi/c1-18(2)22-14-13-21(15-24(22)20-11-9-8-10-12-20)25-16-23(19(3)4)26(17-27-25)28(5,6)7/h8-19H,1-7H3/i18D,19D. The summed E-state index contributed by atoms with van der Waals surface area (Å²) in [6.45, 7) is 14.7. The Hall–Kier alpha value is -2.19. The van der Waals surface area contributed by atoms with Crippen molar-refractivity contribution in [3.05, 3.63) is 71.9 Å². The second-order valence-electron chi connectivity index (χ2n) is 8.99. The lowest BCUT2D eigenvalue weighted by Gasteiger charge is -2.23. The molecule has 0 radical (unpaired) electrons. The van der Waals surface area contributed by atoms with Gasteiger partial charge in [-0.3, -0.25) is 4.98 Å². The van der Waals surface area contributed by atoms with E-state index in [1.165, 1.54) is 5.19 Å². The highest BCUT2D eigenvalue weighted by Crippen LogP contribution is 2.33. The molecule has 0 saturated heterocycles. The number of rotatable bonds is 5. The van der Waals surface area contributed by atoms with Gasteiger partial charge in [-0.15, -0.1) is 0 Å². The molecule has 0 amide bonds. The molecule has 0 atom stereocenters. The average Bonchev–Trinajstić information content (AvgIpc) is 2.65. The van der Waals surface area contributed by atoms with Crippen molar-refractivity contribution in [2.45, 2.75) is 59.1 Å². The fraction of sp³-hybridized carbons (Fsp3) is 0.346. The zero-order valence-corrected chi connectivity index (χ0v) is 19.2. The molecular weight excluding hydrogens is 354 g/mol. The van der Waals surface area contributed by atoms with Gasteiger partial charge in [0.1, 0.15) is 0 Å². The maximum atomic E-state index is 8.72. The molecule has 0 aliphatic rings. The van der Waals surface area contributed by atoms with Crippen LogP contribution in [-0.4, -0.2) is 13.1 Å². The summed E-state index contributed by atoms with van der Waals surface area (Å²) in [5.41, 5.74) is 6.15. The summed E-state index contributed by atoms with van der Waals surface area (Å²) >= 11 is 0. The lowest BCUT2D eigenvalue weighted by Crippen LogP contribution is -2.40. The van der Waals surface area contributed by atoms with Crippen LogP contribution in [0, 0.1) is 0 Å². The lowest BCUT2D eigenvalue weighted by molar-refractivity contribution is 0.868. The maximum Gasteiger partial charge on any atom is 0.0799 e. The van der Waals surface area contributed by atoms with E-state index in [-0.39, 0.29) is 0 Å². The van der Waals surface area contributed by atoms with Gasteiger partial charge in [0.05, 0.1) is 13.8 Å². The van der Waals surface area contributed by atoms with Gasteiger partial charge in [-0.25, -0.2) is 0 Å². The van der Waals surface area contributed by atoms with Gasteiger partial charge in [0.15, 0.2) is 0 Å². The average molecular weight is 390 g/mol. The van der Waals surface area contributed by atoms with Crippen LogP contribution in [0.5, 0.6) is 0 Å². The summed E-state index contributed by atoms with van der Waals surface area (Å²) < 4.78 is 17.3. The fourth-order valence-corrected chi connectivity index (χ4v) is 5.20. The minimum atomic E-state index is -1.62. The molecule has 0 unspecified atom stereocenters. The zero-order valence-electron chi connectivity index (χ0n) is 20.2. The van der Waals surface area contributed by atoms with E-state index in [2.05, 4.69) is 56.0 Å². The highest BCUT2D eigenvalue weighted by Gasteiger charge is 2.23. The monoisotopic (exact) mass is 389 g/mol. The lowest BCUT2D eigenvalue weighted by atomic mass is 9.90. The summed E-state index contributed by atoms with van der Waals surface area (Å²) in [6, 6.07) is 18.6. The molecule has 0 N–H and O–H groups in total. The van der Waals surface area contributed by atoms with Crippen LogP contribution in [-0.2, 0) is 0 Å². The molecule has 0 bridgehead atoms. The Bertz CT molecular complexity index is 1040. The molecule has 2 aromatic carbocycles. The predicted molar refractivity (Wildman–Crippen MR) is 126 cm³/mol. The van der Waals surface area contributed by atoms with Gasteiger partial charge in [-0.05, 0) is 51.4 Å². The number of pyridine rings is 1. The van der Waals surface area contributed by atoms with Gasteiger partial charge in [-0.2, -0.15) is 0 Å². The zero-order chi connectivity index (χ0) is 22.3. The predicted octanol–water partition coefficient (Wildman–Crippen LogP) is 7.21. The number of aromatic nitrogens is 1. The third-order valence-corrected chi connectivity index (χ3v) is 7.20. The second kappa shape index (κ2) is 8.04. The first kappa shape index (κ1) is 17.9. The van der Waals surface area contributed by atoms with E-state index in [0.717, 1.165) is 33.5 Å². The SMILES string of the molecule is [2H]C(C)(C)c1ccc(-c2cc(C([2H])(C)C)c([Si](C)(C)C)cn2)cc1-c1ccccc1. The molecule has 3 rings (SSSR count). The summed E-state index contributed by atoms with van der Waals surface area (Å²) in [5, 5.41) is 1.25. The molecule has 1 nitrogen and oxygen atoms in total. The Morgan fingerprint density at radius 3 is 2.00 bits per heavy atom. The van der Waals surface area contributed by atoms with Crippen molar-refractivity contribution < 1.29 is 2.74 Å². The molecule has 0 aliphatic carbocycles. The molecule has 0 fully saturated rings. The van der Waals surface area contributed by atoms with Crippen molar-refractivity contribution in [1.82, 2.24) is 4.98 Å². The summed E-state index contributed by atoms with van der Waals surface area (Å²) in [5.74, 6) is -1.38. The first-order valence-corrected chi connectivity index (χ1v) is 13.5. The molecule has 3 aromatic rings. The molecule has 1 aromatic heterocycles. The summed E-state index contributed by atoms with van der Waals surface area (Å²) in [6.07, 6.45) is 2.00. The van der Waals surface area contributed by atoms with Crippen LogP contribution in [0.2, 0.25) is 19.6 Å². The van der Waals surface area contributed by atoms with Crippen LogP contribution in [0.15, 0.2) is 60.8 Å². The Kier molecular flexibility index (Phi) is 5.14. The number of nitrogens with zero attached hydrogens (tertiary/aromatic N) is 1. The van der Waals surface area contributed by atoms with Crippen LogP contribution in [0.3, 0.4) is 0 Å². The molecule has 146 valence electrons. The summed E-state index contributed by atoms with van der Waals surface area (Å²) in [4.78, 5) is 4.82. The highest BCUT2D eigenvalue weighted by molar-refractivity contribution is 6.89. The van der Waals surface area contributed by atoms with E-state index in [0.29, 0.717) is 0 Å². The van der Waals surface area contributed by atoms with E-state index >= 15 is 0 Å². The molecule has 28 heavy (non-hydrogen) atoms. The summed E-state index contributed by atoms with van der Waals surface area (Å²) in [7, 11) is -1.62. The van der Waals surface area contributed by atoms with Gasteiger partial charge >= 0.3 is 0 Å². The Balaban J connectivity index is 2.22. The topological polar surface area (TPSA) is 12.9 Å². The molecule has 0 saturated carbocycles. The Labute approximate surface area is 174 Å². The molecule has 1 heterocycles. The van der Waals surface area contributed by atoms with Gasteiger partial charge in [0, 0.05) is 14.5 Å². The molecular formula is C26H33NSi. The normalized spacial score (nSPS) is 13.8. The van der Waals surface area contributed by atoms with Crippen molar-refractivity contribution >= 4 is 13.3 Å². The van der Waals surface area contributed by atoms with Gasteiger partial charge in [0.25, 0.3) is 0 Å². The van der Waals surface area contributed by atoms with E-state index in [9.17, 15) is 0 Å². The van der Waals surface area contributed by atoms with Gasteiger partial charge in [-0.1, -0.05) is 89.8 Å². The van der Waals surface area contributed by atoms with Crippen LogP contribution < -0.4 is 5.19 Å². The van der Waals surface area contributed by atoms with Crippen molar-refractivity contribution in [3.8, 4) is 22.4 Å². The smallest absolute Gasteiger partial charge is 0.0799 e. The van der Waals surface area contributed by atoms with Crippen molar-refractivity contribution in [2.24, 2.45) is 0 Å². The largest absolute Gasteiger partial charge is 0.256 e. The van der Waals surface area contributed by atoms with Crippen molar-refractivity contribution in [1.29, 1.82) is 0 Å². The first-order chi connectivity index (χ1) is 13.8. The maximum absolute atomic E-state index is 8.72. The quantitative estimate of drug-likeness (QED) is 0.420. The second-order valence-corrected chi connectivity index (χ2v) is 14.0. The van der Waals surface area contributed by atoms with E-state index in [1.807, 2.05) is 52.1 Å². The Morgan fingerprint density at radius 1 is 0.786 bits per heavy atom. The highest BCUT2D eigenvalue weighted by atomic mass is 28.3. The van der Waals surface area contributed by atoms with E-state index in [4.69, 9.17) is 7.73 Å². The van der Waals surface area contributed by atoms with Crippen molar-refractivity contribution in [3.63, 3.8) is 0 Å². The molecule has 0 spiro atoms. The minimum Gasteiger partial charge on any atom is -0.256 e. The molecule has 2 heteroatoms. The van der Waals surface area contributed by atoms with Gasteiger partial charge < -0.3 is 0 Å². The van der Waals surface area contributed by atoms with Gasteiger partial charge in [0.2, 0.25) is 0 Å². The Morgan fingerprint density at radius 2 is 1.43 bits per heavy atom. The van der Waals surface area contributed by atoms with Crippen molar-refractivity contribution in [2.75, 3.05) is 0 Å². The third kappa shape index (κ3) is 4.28. The third-order valence-electron chi connectivity index (χ3n) is 5.19.